The molecule has 3 aromatic rings. The van der Waals surface area contributed by atoms with Crippen LogP contribution in [0.5, 0.6) is 0 Å². The summed E-state index contributed by atoms with van der Waals surface area (Å²) in [7, 11) is 0. The van der Waals surface area contributed by atoms with Crippen molar-refractivity contribution in [3.8, 4) is 11.5 Å². The van der Waals surface area contributed by atoms with Crippen LogP contribution in [0, 0.1) is 11.7 Å². The van der Waals surface area contributed by atoms with Crippen LogP contribution in [0.3, 0.4) is 0 Å². The van der Waals surface area contributed by atoms with Gasteiger partial charge in [-0.1, -0.05) is 5.16 Å². The van der Waals surface area contributed by atoms with Crippen LogP contribution in [-0.2, 0) is 6.42 Å². The third-order valence-corrected chi connectivity index (χ3v) is 4.37. The van der Waals surface area contributed by atoms with E-state index in [0.29, 0.717) is 42.4 Å². The molecule has 0 aliphatic carbocycles. The first-order valence-corrected chi connectivity index (χ1v) is 8.09. The van der Waals surface area contributed by atoms with E-state index in [1.54, 1.807) is 18.2 Å². The second-order valence-electron chi connectivity index (χ2n) is 6.14. The first-order chi connectivity index (χ1) is 12.2. The summed E-state index contributed by atoms with van der Waals surface area (Å²) < 4.78 is 23.2. The topological polar surface area (TPSA) is 72.4 Å². The van der Waals surface area contributed by atoms with Crippen molar-refractivity contribution in [2.45, 2.75) is 12.8 Å². The van der Waals surface area contributed by atoms with Gasteiger partial charge in [-0.2, -0.15) is 4.98 Å². The zero-order valence-electron chi connectivity index (χ0n) is 13.4. The van der Waals surface area contributed by atoms with Gasteiger partial charge in [0.25, 0.3) is 11.8 Å². The molecule has 1 saturated heterocycles. The Bertz CT molecular complexity index is 858. The quantitative estimate of drug-likeness (QED) is 0.729. The molecule has 1 aromatic carbocycles. The lowest BCUT2D eigenvalue weighted by Gasteiger charge is -2.14. The number of hydrogen-bond donors (Lipinski definition) is 0. The molecule has 1 fully saturated rings. The summed E-state index contributed by atoms with van der Waals surface area (Å²) in [4.78, 5) is 18.5. The maximum atomic E-state index is 13.0. The fourth-order valence-corrected chi connectivity index (χ4v) is 3.06. The number of aromatic nitrogens is 2. The number of furan rings is 1. The van der Waals surface area contributed by atoms with Crippen LogP contribution < -0.4 is 0 Å². The van der Waals surface area contributed by atoms with E-state index in [4.69, 9.17) is 8.94 Å². The monoisotopic (exact) mass is 341 g/mol. The molecule has 0 radical (unpaired) electrons. The fourth-order valence-electron chi connectivity index (χ4n) is 3.06. The van der Waals surface area contributed by atoms with Crippen molar-refractivity contribution in [3.05, 3.63) is 60.1 Å². The molecule has 7 heteroatoms. The van der Waals surface area contributed by atoms with Crippen LogP contribution in [0.4, 0.5) is 4.39 Å². The summed E-state index contributed by atoms with van der Waals surface area (Å²) in [6.07, 6.45) is 4.49. The molecule has 1 amide bonds. The zero-order chi connectivity index (χ0) is 17.2. The van der Waals surface area contributed by atoms with E-state index in [-0.39, 0.29) is 17.6 Å². The summed E-state index contributed by atoms with van der Waals surface area (Å²) >= 11 is 0. The second-order valence-corrected chi connectivity index (χ2v) is 6.14. The van der Waals surface area contributed by atoms with Gasteiger partial charge in [0.15, 0.2) is 5.82 Å². The Balaban J connectivity index is 1.39. The van der Waals surface area contributed by atoms with E-state index >= 15 is 0 Å². The largest absolute Gasteiger partial charge is 0.472 e. The third kappa shape index (κ3) is 3.31. The molecule has 0 spiro atoms. The molecule has 0 saturated carbocycles. The predicted octanol–water partition coefficient (Wildman–Crippen LogP) is 3.17. The lowest BCUT2D eigenvalue weighted by atomic mass is 10.0. The molecule has 0 bridgehead atoms. The third-order valence-electron chi connectivity index (χ3n) is 4.37. The number of carbonyl (C=O) groups is 1. The summed E-state index contributed by atoms with van der Waals surface area (Å²) in [6.45, 7) is 1.36. The molecule has 3 heterocycles. The highest BCUT2D eigenvalue weighted by Gasteiger charge is 2.28. The van der Waals surface area contributed by atoms with Crippen molar-refractivity contribution in [3.63, 3.8) is 0 Å². The van der Waals surface area contributed by atoms with Crippen molar-refractivity contribution in [1.82, 2.24) is 15.0 Å². The summed E-state index contributed by atoms with van der Waals surface area (Å²) in [5.74, 6) is 0.934. The van der Waals surface area contributed by atoms with Gasteiger partial charge in [0, 0.05) is 25.1 Å². The van der Waals surface area contributed by atoms with Crippen LogP contribution in [0.15, 0.2) is 51.8 Å². The van der Waals surface area contributed by atoms with Crippen molar-refractivity contribution >= 4 is 5.91 Å². The van der Waals surface area contributed by atoms with E-state index in [0.717, 1.165) is 6.42 Å². The molecule has 25 heavy (non-hydrogen) atoms. The van der Waals surface area contributed by atoms with E-state index in [1.165, 1.54) is 24.7 Å². The van der Waals surface area contributed by atoms with Gasteiger partial charge in [-0.25, -0.2) is 4.39 Å². The number of likely N-dealkylation sites (tertiary alicyclic amines) is 1. The first kappa shape index (κ1) is 15.6. The summed E-state index contributed by atoms with van der Waals surface area (Å²) in [5, 5.41) is 4.00. The maximum Gasteiger partial charge on any atom is 0.257 e. The van der Waals surface area contributed by atoms with Crippen molar-refractivity contribution in [2.75, 3.05) is 13.1 Å². The average Bonchev–Trinajstić information content (AvgIpc) is 3.37. The van der Waals surface area contributed by atoms with E-state index in [2.05, 4.69) is 10.1 Å². The lowest BCUT2D eigenvalue weighted by Crippen LogP contribution is -2.28. The van der Waals surface area contributed by atoms with Crippen LogP contribution in [0.2, 0.25) is 0 Å². The number of amides is 1. The average molecular weight is 341 g/mol. The summed E-state index contributed by atoms with van der Waals surface area (Å²) in [6, 6.07) is 7.59. The van der Waals surface area contributed by atoms with Gasteiger partial charge in [-0.3, -0.25) is 4.79 Å². The van der Waals surface area contributed by atoms with E-state index in [1.807, 2.05) is 4.90 Å². The molecular weight excluding hydrogens is 325 g/mol. The minimum atomic E-state index is -0.308. The van der Waals surface area contributed by atoms with E-state index < -0.39 is 0 Å². The van der Waals surface area contributed by atoms with Gasteiger partial charge in [0.1, 0.15) is 12.1 Å². The molecule has 1 unspecified atom stereocenters. The minimum Gasteiger partial charge on any atom is -0.472 e. The number of hydrogen-bond acceptors (Lipinski definition) is 5. The van der Waals surface area contributed by atoms with Crippen molar-refractivity contribution in [1.29, 1.82) is 0 Å². The Hall–Kier alpha value is -2.96. The maximum absolute atomic E-state index is 13.0. The molecule has 0 N–H and O–H groups in total. The van der Waals surface area contributed by atoms with Crippen molar-refractivity contribution in [2.24, 2.45) is 5.92 Å². The molecule has 2 aromatic heterocycles. The number of nitrogens with zero attached hydrogens (tertiary/aromatic N) is 3. The van der Waals surface area contributed by atoms with Crippen LogP contribution in [0.1, 0.15) is 22.6 Å². The van der Waals surface area contributed by atoms with E-state index in [9.17, 15) is 9.18 Å². The van der Waals surface area contributed by atoms with Crippen LogP contribution >= 0.6 is 0 Å². The van der Waals surface area contributed by atoms with Crippen molar-refractivity contribution < 1.29 is 18.1 Å². The number of carbonyl (C=O) groups excluding carboxylic acids is 1. The number of halogens is 1. The molecular formula is C18H16FN3O3. The lowest BCUT2D eigenvalue weighted by molar-refractivity contribution is 0.0786. The highest BCUT2D eigenvalue weighted by molar-refractivity contribution is 5.94. The summed E-state index contributed by atoms with van der Waals surface area (Å²) in [5.41, 5.74) is 1.25. The normalized spacial score (nSPS) is 17.2. The number of benzene rings is 1. The Labute approximate surface area is 143 Å². The SMILES string of the molecule is O=C(c1ccoc1)N1CCC(Cc2noc(-c3ccc(F)cc3)n2)C1. The molecule has 6 nitrogen and oxygen atoms in total. The van der Waals surface area contributed by atoms with Gasteiger partial charge in [0.2, 0.25) is 0 Å². The highest BCUT2D eigenvalue weighted by atomic mass is 19.1. The van der Waals surface area contributed by atoms with Crippen LogP contribution in [-0.4, -0.2) is 34.0 Å². The van der Waals surface area contributed by atoms with Gasteiger partial charge < -0.3 is 13.8 Å². The van der Waals surface area contributed by atoms with Gasteiger partial charge in [0.05, 0.1) is 11.8 Å². The molecule has 1 atom stereocenters. The minimum absolute atomic E-state index is 0.0173. The predicted molar refractivity (Wildman–Crippen MR) is 86.1 cm³/mol. The molecule has 4 rings (SSSR count). The fraction of sp³-hybridized carbons (Fsp3) is 0.278. The van der Waals surface area contributed by atoms with Crippen LogP contribution in [0.25, 0.3) is 11.5 Å². The smallest absolute Gasteiger partial charge is 0.257 e. The standard InChI is InChI=1S/C18H16FN3O3/c19-15-3-1-13(2-4-15)17-20-16(21-25-17)9-12-5-7-22(10-12)18(23)14-6-8-24-11-14/h1-4,6,8,11-12H,5,7,9-10H2. The van der Waals surface area contributed by atoms with Gasteiger partial charge in [-0.05, 0) is 42.7 Å². The highest BCUT2D eigenvalue weighted by Crippen LogP contribution is 2.23. The Kier molecular flexibility index (Phi) is 4.05. The Morgan fingerprint density at radius 1 is 1.28 bits per heavy atom. The zero-order valence-corrected chi connectivity index (χ0v) is 13.4. The Morgan fingerprint density at radius 3 is 2.88 bits per heavy atom. The van der Waals surface area contributed by atoms with Gasteiger partial charge >= 0.3 is 0 Å². The Morgan fingerprint density at radius 2 is 2.12 bits per heavy atom. The molecule has 1 aliphatic heterocycles. The van der Waals surface area contributed by atoms with Gasteiger partial charge in [-0.15, -0.1) is 0 Å². The molecule has 1 aliphatic rings. The second kappa shape index (κ2) is 6.51. The number of rotatable bonds is 4. The molecule has 128 valence electrons. The first-order valence-electron chi connectivity index (χ1n) is 8.09.